The number of halogens is 1. The van der Waals surface area contributed by atoms with Crippen LogP contribution in [0.25, 0.3) is 0 Å². The molecule has 2 nitrogen and oxygen atoms in total. The van der Waals surface area contributed by atoms with Crippen LogP contribution in [0.2, 0.25) is 0 Å². The molecule has 0 heterocycles. The highest BCUT2D eigenvalue weighted by Crippen LogP contribution is 2.34. The Labute approximate surface area is 118 Å². The van der Waals surface area contributed by atoms with E-state index in [2.05, 4.69) is 6.92 Å². The van der Waals surface area contributed by atoms with Gasteiger partial charge in [-0.25, -0.2) is 0 Å². The van der Waals surface area contributed by atoms with Crippen molar-refractivity contribution in [3.63, 3.8) is 0 Å². The van der Waals surface area contributed by atoms with Crippen molar-refractivity contribution in [1.82, 2.24) is 0 Å². The Balaban J connectivity index is 3.02. The van der Waals surface area contributed by atoms with Gasteiger partial charge in [0.15, 0.2) is 5.78 Å². The Morgan fingerprint density at radius 2 is 2.17 bits per heavy atom. The number of rotatable bonds is 7. The minimum Gasteiger partial charge on any atom is -0.507 e. The van der Waals surface area contributed by atoms with Crippen molar-refractivity contribution >= 4 is 29.1 Å². The molecule has 0 radical (unpaired) electrons. The first-order valence-electron chi connectivity index (χ1n) is 6.16. The number of Topliss-reactive ketones (excluding diaryl/α,β-unsaturated/α-hetero) is 1. The summed E-state index contributed by atoms with van der Waals surface area (Å²) in [5.74, 6) is 1.63. The Bertz CT molecular complexity index is 419. The van der Waals surface area contributed by atoms with Crippen LogP contribution in [0.3, 0.4) is 0 Å². The number of hydrogen-bond acceptors (Lipinski definition) is 3. The zero-order chi connectivity index (χ0) is 13.5. The lowest BCUT2D eigenvalue weighted by Gasteiger charge is -2.12. The van der Waals surface area contributed by atoms with Gasteiger partial charge >= 0.3 is 0 Å². The second-order valence-electron chi connectivity index (χ2n) is 4.14. The van der Waals surface area contributed by atoms with Gasteiger partial charge in [0.25, 0.3) is 0 Å². The van der Waals surface area contributed by atoms with E-state index in [0.717, 1.165) is 35.5 Å². The number of phenolic OH excluding ortho intramolecular Hbond substituents is 1. The summed E-state index contributed by atoms with van der Waals surface area (Å²) in [7, 11) is 0. The molecule has 0 saturated heterocycles. The minimum atomic E-state index is -0.0952. The van der Waals surface area contributed by atoms with Gasteiger partial charge in [0.1, 0.15) is 5.75 Å². The van der Waals surface area contributed by atoms with Crippen LogP contribution in [0.4, 0.5) is 0 Å². The maximum Gasteiger partial charge on any atom is 0.163 e. The summed E-state index contributed by atoms with van der Waals surface area (Å²) in [6.07, 6.45) is 2.67. The van der Waals surface area contributed by atoms with Gasteiger partial charge in [-0.05, 0) is 37.7 Å². The monoisotopic (exact) mass is 286 g/mol. The lowest BCUT2D eigenvalue weighted by atomic mass is 10.0. The first kappa shape index (κ1) is 15.4. The summed E-state index contributed by atoms with van der Waals surface area (Å²) in [4.78, 5) is 12.5. The van der Waals surface area contributed by atoms with E-state index in [1.165, 1.54) is 6.92 Å². The number of carbonyl (C=O) groups is 1. The van der Waals surface area contributed by atoms with Crippen molar-refractivity contribution in [2.24, 2.45) is 0 Å². The Hall–Kier alpha value is -0.670. The van der Waals surface area contributed by atoms with Crippen molar-refractivity contribution < 1.29 is 9.90 Å². The van der Waals surface area contributed by atoms with Gasteiger partial charge < -0.3 is 5.11 Å². The summed E-state index contributed by atoms with van der Waals surface area (Å²) < 4.78 is 0. The molecule has 0 bridgehead atoms. The van der Waals surface area contributed by atoms with E-state index in [1.54, 1.807) is 17.8 Å². The Kier molecular flexibility index (Phi) is 6.58. The van der Waals surface area contributed by atoms with Crippen molar-refractivity contribution in [3.8, 4) is 5.75 Å². The van der Waals surface area contributed by atoms with Crippen LogP contribution in [0.15, 0.2) is 17.0 Å². The van der Waals surface area contributed by atoms with Crippen LogP contribution in [0, 0.1) is 0 Å². The first-order chi connectivity index (χ1) is 8.61. The van der Waals surface area contributed by atoms with Crippen LogP contribution in [-0.4, -0.2) is 22.5 Å². The molecular formula is C14H19ClO2S. The molecule has 0 aliphatic rings. The van der Waals surface area contributed by atoms with Gasteiger partial charge in [-0.2, -0.15) is 0 Å². The van der Waals surface area contributed by atoms with Gasteiger partial charge in [0, 0.05) is 16.3 Å². The van der Waals surface area contributed by atoms with Crippen molar-refractivity contribution in [1.29, 1.82) is 0 Å². The molecule has 1 rings (SSSR count). The second-order valence-corrected chi connectivity index (χ2v) is 5.65. The molecule has 0 spiro atoms. The fourth-order valence-electron chi connectivity index (χ4n) is 1.77. The summed E-state index contributed by atoms with van der Waals surface area (Å²) in [5, 5.41) is 10.2. The van der Waals surface area contributed by atoms with Crippen LogP contribution in [-0.2, 0) is 6.42 Å². The van der Waals surface area contributed by atoms with E-state index in [1.807, 2.05) is 6.07 Å². The fourth-order valence-corrected chi connectivity index (χ4v) is 3.10. The number of hydrogen-bond donors (Lipinski definition) is 1. The highest BCUT2D eigenvalue weighted by Gasteiger charge is 2.14. The van der Waals surface area contributed by atoms with E-state index in [-0.39, 0.29) is 11.5 Å². The van der Waals surface area contributed by atoms with Gasteiger partial charge in [-0.3, -0.25) is 4.79 Å². The SMILES string of the molecule is CCCc1c(SCCCCl)ccc(C(C)=O)c1O. The first-order valence-corrected chi connectivity index (χ1v) is 7.68. The average molecular weight is 287 g/mol. The molecule has 1 N–H and O–H groups in total. The third kappa shape index (κ3) is 3.92. The van der Waals surface area contributed by atoms with E-state index in [9.17, 15) is 9.90 Å². The Morgan fingerprint density at radius 1 is 1.44 bits per heavy atom. The van der Waals surface area contributed by atoms with E-state index in [4.69, 9.17) is 11.6 Å². The molecule has 0 amide bonds. The quantitative estimate of drug-likeness (QED) is 0.352. The molecule has 0 fully saturated rings. The topological polar surface area (TPSA) is 37.3 Å². The van der Waals surface area contributed by atoms with Crippen LogP contribution >= 0.6 is 23.4 Å². The minimum absolute atomic E-state index is 0.0952. The third-order valence-electron chi connectivity index (χ3n) is 2.65. The van der Waals surface area contributed by atoms with Gasteiger partial charge in [-0.15, -0.1) is 23.4 Å². The molecule has 1 aromatic carbocycles. The number of thioether (sulfide) groups is 1. The number of benzene rings is 1. The van der Waals surface area contributed by atoms with E-state index in [0.29, 0.717) is 11.4 Å². The van der Waals surface area contributed by atoms with E-state index >= 15 is 0 Å². The number of aromatic hydroxyl groups is 1. The van der Waals surface area contributed by atoms with E-state index < -0.39 is 0 Å². The second kappa shape index (κ2) is 7.70. The van der Waals surface area contributed by atoms with Gasteiger partial charge in [0.05, 0.1) is 5.56 Å². The van der Waals surface area contributed by atoms with Crippen molar-refractivity contribution in [2.75, 3.05) is 11.6 Å². The smallest absolute Gasteiger partial charge is 0.163 e. The zero-order valence-corrected chi connectivity index (χ0v) is 12.4. The molecule has 18 heavy (non-hydrogen) atoms. The summed E-state index contributed by atoms with van der Waals surface area (Å²) in [5.41, 5.74) is 1.31. The molecule has 0 atom stereocenters. The standard InChI is InChI=1S/C14H19ClO2S/c1-3-5-12-13(18-9-4-8-15)7-6-11(10(2)16)14(12)17/h6-7,17H,3-5,8-9H2,1-2H3. The highest BCUT2D eigenvalue weighted by atomic mass is 35.5. The zero-order valence-electron chi connectivity index (χ0n) is 10.8. The number of carbonyl (C=O) groups excluding carboxylic acids is 1. The number of alkyl halides is 1. The van der Waals surface area contributed by atoms with Crippen LogP contribution in [0.1, 0.15) is 42.6 Å². The average Bonchev–Trinajstić information content (AvgIpc) is 2.33. The lowest BCUT2D eigenvalue weighted by molar-refractivity contribution is 0.101. The van der Waals surface area contributed by atoms with Gasteiger partial charge in [0.2, 0.25) is 0 Å². The summed E-state index contributed by atoms with van der Waals surface area (Å²) in [6, 6.07) is 3.64. The van der Waals surface area contributed by atoms with Crippen molar-refractivity contribution in [2.45, 2.75) is 38.0 Å². The fraction of sp³-hybridized carbons (Fsp3) is 0.500. The predicted molar refractivity (Wildman–Crippen MR) is 78.2 cm³/mol. The lowest BCUT2D eigenvalue weighted by Crippen LogP contribution is -1.98. The molecule has 0 aliphatic carbocycles. The normalized spacial score (nSPS) is 10.6. The molecule has 0 aliphatic heterocycles. The molecular weight excluding hydrogens is 268 g/mol. The van der Waals surface area contributed by atoms with Gasteiger partial charge in [-0.1, -0.05) is 13.3 Å². The number of ketones is 1. The third-order valence-corrected chi connectivity index (χ3v) is 4.11. The molecule has 4 heteroatoms. The van der Waals surface area contributed by atoms with Crippen molar-refractivity contribution in [3.05, 3.63) is 23.3 Å². The molecule has 1 aromatic rings. The molecule has 0 aromatic heterocycles. The van der Waals surface area contributed by atoms with Crippen LogP contribution < -0.4 is 0 Å². The maximum absolute atomic E-state index is 11.4. The summed E-state index contributed by atoms with van der Waals surface area (Å²) in [6.45, 7) is 3.54. The number of phenols is 1. The maximum atomic E-state index is 11.4. The summed E-state index contributed by atoms with van der Waals surface area (Å²) >= 11 is 7.35. The molecule has 0 saturated carbocycles. The predicted octanol–water partition coefficient (Wildman–Crippen LogP) is 4.27. The highest BCUT2D eigenvalue weighted by molar-refractivity contribution is 7.99. The Morgan fingerprint density at radius 3 is 2.72 bits per heavy atom. The largest absolute Gasteiger partial charge is 0.507 e. The van der Waals surface area contributed by atoms with Crippen LogP contribution in [0.5, 0.6) is 5.75 Å². The molecule has 0 unspecified atom stereocenters. The molecule has 100 valence electrons.